The molecule has 0 aliphatic rings. The Labute approximate surface area is 100.0 Å². The quantitative estimate of drug-likeness (QED) is 0.409. The molecular formula is C13H25N3. The number of aliphatic imine (C=N–C) groups is 2. The van der Waals surface area contributed by atoms with Gasteiger partial charge in [-0.1, -0.05) is 6.08 Å². The first-order valence-electron chi connectivity index (χ1n) is 5.85. The summed E-state index contributed by atoms with van der Waals surface area (Å²) in [4.78, 5) is 11.2. The van der Waals surface area contributed by atoms with E-state index in [-0.39, 0.29) is 6.04 Å². The molecule has 0 N–H and O–H groups in total. The van der Waals surface area contributed by atoms with Crippen molar-refractivity contribution in [2.75, 3.05) is 6.54 Å². The normalized spacial score (nSPS) is 11.9. The molecule has 0 radical (unpaired) electrons. The first-order valence-corrected chi connectivity index (χ1v) is 5.85. The molecule has 0 rings (SSSR count). The van der Waals surface area contributed by atoms with Gasteiger partial charge in [0.05, 0.1) is 0 Å². The first kappa shape index (κ1) is 14.9. The average molecular weight is 223 g/mol. The van der Waals surface area contributed by atoms with E-state index in [1.54, 1.807) is 0 Å². The lowest BCUT2D eigenvalue weighted by Gasteiger charge is -2.27. The van der Waals surface area contributed by atoms with Crippen molar-refractivity contribution in [2.24, 2.45) is 9.98 Å². The molecular weight excluding hydrogens is 198 g/mol. The molecule has 92 valence electrons. The topological polar surface area (TPSA) is 28.0 Å². The Morgan fingerprint density at radius 2 is 1.81 bits per heavy atom. The molecule has 0 aromatic carbocycles. The summed E-state index contributed by atoms with van der Waals surface area (Å²) in [6.07, 6.45) is 1.89. The van der Waals surface area contributed by atoms with E-state index in [9.17, 15) is 0 Å². The zero-order valence-corrected chi connectivity index (χ0v) is 11.5. The van der Waals surface area contributed by atoms with Crippen LogP contribution in [-0.4, -0.2) is 35.2 Å². The molecule has 0 aromatic heterocycles. The molecule has 0 aliphatic heterocycles. The Kier molecular flexibility index (Phi) is 6.70. The van der Waals surface area contributed by atoms with Crippen LogP contribution >= 0.6 is 0 Å². The van der Waals surface area contributed by atoms with Crippen LogP contribution in [0.4, 0.5) is 0 Å². The highest BCUT2D eigenvalue weighted by Crippen LogP contribution is 2.04. The number of rotatable bonds is 4. The van der Waals surface area contributed by atoms with Crippen molar-refractivity contribution in [2.45, 2.75) is 53.6 Å². The molecule has 3 nitrogen and oxygen atoms in total. The molecule has 16 heavy (non-hydrogen) atoms. The van der Waals surface area contributed by atoms with Gasteiger partial charge in [-0.15, -0.1) is 6.58 Å². The Bertz CT molecular complexity index is 271. The summed E-state index contributed by atoms with van der Waals surface area (Å²) in [7, 11) is 0. The molecule has 0 saturated heterocycles. The lowest BCUT2D eigenvalue weighted by atomic mass is 10.3. The van der Waals surface area contributed by atoms with Crippen LogP contribution in [0.3, 0.4) is 0 Å². The molecule has 0 saturated carbocycles. The van der Waals surface area contributed by atoms with Crippen LogP contribution in [-0.2, 0) is 0 Å². The van der Waals surface area contributed by atoms with Crippen LogP contribution < -0.4 is 0 Å². The highest BCUT2D eigenvalue weighted by molar-refractivity contribution is 5.95. The largest absolute Gasteiger partial charge is 0.335 e. The summed E-state index contributed by atoms with van der Waals surface area (Å²) in [5.74, 6) is 0.810. The Hall–Kier alpha value is -1.12. The zero-order chi connectivity index (χ0) is 12.7. The maximum Gasteiger partial charge on any atom is 0.221 e. The highest BCUT2D eigenvalue weighted by atomic mass is 15.3. The summed E-state index contributed by atoms with van der Waals surface area (Å²) in [6, 6.07) is 0.628. The molecule has 0 bridgehead atoms. The van der Waals surface area contributed by atoms with Crippen LogP contribution in [0.1, 0.15) is 41.5 Å². The zero-order valence-electron chi connectivity index (χ0n) is 11.5. The van der Waals surface area contributed by atoms with E-state index in [2.05, 4.69) is 49.2 Å². The van der Waals surface area contributed by atoms with Crippen molar-refractivity contribution in [3.63, 3.8) is 0 Å². The third-order valence-electron chi connectivity index (χ3n) is 1.90. The van der Waals surface area contributed by atoms with Crippen LogP contribution in [0, 0.1) is 0 Å². The highest BCUT2D eigenvalue weighted by Gasteiger charge is 2.13. The maximum absolute atomic E-state index is 4.56. The molecule has 0 fully saturated rings. The number of hydrogen-bond donors (Lipinski definition) is 0. The summed E-state index contributed by atoms with van der Waals surface area (Å²) in [6.45, 7) is 16.9. The molecule has 0 atom stereocenters. The van der Waals surface area contributed by atoms with Crippen molar-refractivity contribution in [3.05, 3.63) is 12.7 Å². The Balaban J connectivity index is 5.12. The number of guanidine groups is 1. The van der Waals surface area contributed by atoms with Crippen LogP contribution in [0.5, 0.6) is 0 Å². The molecule has 0 aromatic rings. The fraction of sp³-hybridized carbons (Fsp3) is 0.692. The van der Waals surface area contributed by atoms with Gasteiger partial charge >= 0.3 is 0 Å². The van der Waals surface area contributed by atoms with E-state index in [4.69, 9.17) is 0 Å². The van der Waals surface area contributed by atoms with E-state index in [1.165, 1.54) is 0 Å². The summed E-state index contributed by atoms with van der Waals surface area (Å²) in [5.41, 5.74) is 1.02. The van der Waals surface area contributed by atoms with Crippen molar-refractivity contribution in [1.82, 2.24) is 4.90 Å². The number of nitrogens with zero attached hydrogens (tertiary/aromatic N) is 3. The lowest BCUT2D eigenvalue weighted by molar-refractivity contribution is 0.377. The number of hydrogen-bond acceptors (Lipinski definition) is 1. The predicted octanol–water partition coefficient (Wildman–Crippen LogP) is 3.13. The van der Waals surface area contributed by atoms with Crippen molar-refractivity contribution < 1.29 is 0 Å². The molecule has 0 spiro atoms. The van der Waals surface area contributed by atoms with Gasteiger partial charge in [0.1, 0.15) is 0 Å². The van der Waals surface area contributed by atoms with Gasteiger partial charge in [-0.05, 0) is 41.5 Å². The standard InChI is InChI=1S/C13H25N3/c1-8-9-16(12(6)7)13(14-10(2)3)15-11(4)5/h8,10,12H,1,9H2,2-7H3/b14-13-. The second-order valence-corrected chi connectivity index (χ2v) is 4.62. The average Bonchev–Trinajstić information content (AvgIpc) is 2.10. The van der Waals surface area contributed by atoms with Gasteiger partial charge in [0, 0.05) is 24.3 Å². The smallest absolute Gasteiger partial charge is 0.221 e. The Morgan fingerprint density at radius 1 is 1.25 bits per heavy atom. The second kappa shape index (κ2) is 7.20. The van der Waals surface area contributed by atoms with E-state index in [0.29, 0.717) is 6.04 Å². The van der Waals surface area contributed by atoms with Gasteiger partial charge in [0.25, 0.3) is 0 Å². The summed E-state index contributed by atoms with van der Waals surface area (Å²) < 4.78 is 0. The van der Waals surface area contributed by atoms with Crippen LogP contribution in [0.2, 0.25) is 0 Å². The van der Waals surface area contributed by atoms with Gasteiger partial charge in [-0.3, -0.25) is 0 Å². The van der Waals surface area contributed by atoms with E-state index < -0.39 is 0 Å². The first-order chi connectivity index (χ1) is 7.38. The van der Waals surface area contributed by atoms with Gasteiger partial charge in [0.15, 0.2) is 0 Å². The Morgan fingerprint density at radius 3 is 2.12 bits per heavy atom. The predicted molar refractivity (Wildman–Crippen MR) is 73.4 cm³/mol. The van der Waals surface area contributed by atoms with Crippen molar-refractivity contribution in [1.29, 1.82) is 0 Å². The van der Waals surface area contributed by atoms with E-state index >= 15 is 0 Å². The summed E-state index contributed by atoms with van der Waals surface area (Å²) >= 11 is 0. The third-order valence-corrected chi connectivity index (χ3v) is 1.90. The minimum Gasteiger partial charge on any atom is -0.335 e. The molecule has 3 heteroatoms. The molecule has 0 unspecified atom stereocenters. The minimum atomic E-state index is 0.254. The fourth-order valence-corrected chi connectivity index (χ4v) is 1.26. The summed E-state index contributed by atoms with van der Waals surface area (Å²) in [5, 5.41) is 0. The minimum absolute atomic E-state index is 0.254. The van der Waals surface area contributed by atoms with Gasteiger partial charge < -0.3 is 4.90 Å². The molecule has 0 amide bonds. The van der Waals surface area contributed by atoms with Crippen molar-refractivity contribution in [3.8, 4) is 0 Å². The van der Waals surface area contributed by atoms with E-state index in [1.807, 2.05) is 19.9 Å². The van der Waals surface area contributed by atoms with E-state index in [0.717, 1.165) is 18.2 Å². The molecule has 0 aliphatic carbocycles. The SMILES string of the molecule is C=CCN(/C(N=C(C)C)=N\C(C)C)C(C)C. The molecule has 0 heterocycles. The lowest BCUT2D eigenvalue weighted by Crippen LogP contribution is -2.37. The van der Waals surface area contributed by atoms with Gasteiger partial charge in [-0.2, -0.15) is 0 Å². The van der Waals surface area contributed by atoms with Gasteiger partial charge in [-0.25, -0.2) is 9.98 Å². The van der Waals surface area contributed by atoms with Gasteiger partial charge in [0.2, 0.25) is 5.96 Å². The fourth-order valence-electron chi connectivity index (χ4n) is 1.26. The van der Waals surface area contributed by atoms with Crippen molar-refractivity contribution >= 4 is 11.7 Å². The van der Waals surface area contributed by atoms with Crippen LogP contribution in [0.25, 0.3) is 0 Å². The second-order valence-electron chi connectivity index (χ2n) is 4.62. The van der Waals surface area contributed by atoms with Crippen LogP contribution in [0.15, 0.2) is 22.6 Å². The third kappa shape index (κ3) is 5.69. The monoisotopic (exact) mass is 223 g/mol. The maximum atomic E-state index is 4.56.